The number of amides is 3. The maximum Gasteiger partial charge on any atom is 0.271 e. The summed E-state index contributed by atoms with van der Waals surface area (Å²) in [6.45, 7) is 4.25. The molecule has 3 aliphatic rings. The molecule has 9 heteroatoms. The number of aliphatic imine (C=N–C) groups is 2. The third kappa shape index (κ3) is 5.83. The highest BCUT2D eigenvalue weighted by Crippen LogP contribution is 2.35. The molecule has 0 aromatic heterocycles. The van der Waals surface area contributed by atoms with Crippen molar-refractivity contribution in [3.8, 4) is 0 Å². The second-order valence-corrected chi connectivity index (χ2v) is 11.2. The van der Waals surface area contributed by atoms with E-state index in [1.54, 1.807) is 4.90 Å². The van der Waals surface area contributed by atoms with Gasteiger partial charge < -0.3 is 10.6 Å². The number of benzene rings is 2. The second kappa shape index (κ2) is 11.5. The average Bonchev–Trinajstić information content (AvgIpc) is 3.24. The zero-order chi connectivity index (χ0) is 26.6. The van der Waals surface area contributed by atoms with Gasteiger partial charge in [0.15, 0.2) is 5.17 Å². The molecule has 5 rings (SSSR count). The highest BCUT2D eigenvalue weighted by molar-refractivity contribution is 8.14. The molecule has 1 unspecified atom stereocenters. The van der Waals surface area contributed by atoms with Gasteiger partial charge in [-0.05, 0) is 48.6 Å². The summed E-state index contributed by atoms with van der Waals surface area (Å²) in [6, 6.07) is 14.7. The number of hydrogen-bond acceptors (Lipinski definition) is 6. The van der Waals surface area contributed by atoms with Crippen molar-refractivity contribution in [3.63, 3.8) is 0 Å². The van der Waals surface area contributed by atoms with E-state index in [4.69, 9.17) is 4.99 Å². The van der Waals surface area contributed by atoms with Gasteiger partial charge in [0, 0.05) is 17.3 Å². The number of fused-ring (bicyclic) bond motifs is 3. The number of hydrogen-bond donors (Lipinski definition) is 2. The number of thioether (sulfide) groups is 1. The number of rotatable bonds is 7. The normalized spacial score (nSPS) is 19.0. The van der Waals surface area contributed by atoms with Crippen molar-refractivity contribution in [2.45, 2.75) is 70.4 Å². The van der Waals surface area contributed by atoms with Crippen LogP contribution in [0.4, 0.5) is 11.4 Å². The van der Waals surface area contributed by atoms with Crippen LogP contribution in [-0.2, 0) is 14.4 Å². The standard InChI is InChI=1S/C29H33N5O3S/c1-18(2)19-12-14-21(15-13-19)31-26(36)17-38-29-32-23-11-7-6-10-22(23)27-33-28(37)24(34(27)29)16-25(35)30-20-8-4-3-5-9-20/h6-7,10-15,18,20,24H,3-5,8-9,16-17H2,1-2H3,(H,30,35)(H,31,36). The minimum absolute atomic E-state index is 0.00151. The van der Waals surface area contributed by atoms with Gasteiger partial charge in [0.1, 0.15) is 11.9 Å². The summed E-state index contributed by atoms with van der Waals surface area (Å²) < 4.78 is 0. The summed E-state index contributed by atoms with van der Waals surface area (Å²) in [5, 5.41) is 6.53. The Morgan fingerprint density at radius 2 is 1.74 bits per heavy atom. The lowest BCUT2D eigenvalue weighted by Crippen LogP contribution is -2.47. The maximum atomic E-state index is 13.0. The molecule has 2 aromatic rings. The molecule has 3 amide bonds. The van der Waals surface area contributed by atoms with E-state index in [9.17, 15) is 14.4 Å². The molecule has 0 radical (unpaired) electrons. The quantitative estimate of drug-likeness (QED) is 0.525. The fourth-order valence-corrected chi connectivity index (χ4v) is 5.94. The van der Waals surface area contributed by atoms with Crippen molar-refractivity contribution in [1.82, 2.24) is 10.2 Å². The van der Waals surface area contributed by atoms with Gasteiger partial charge in [-0.1, -0.05) is 69.1 Å². The summed E-state index contributed by atoms with van der Waals surface area (Å²) in [5.74, 6) is 0.314. The molecular formula is C29H33N5O3S. The van der Waals surface area contributed by atoms with Gasteiger partial charge in [0.2, 0.25) is 11.8 Å². The molecule has 0 spiro atoms. The van der Waals surface area contributed by atoms with Crippen LogP contribution in [0.3, 0.4) is 0 Å². The Kier molecular flexibility index (Phi) is 7.93. The molecule has 0 saturated heterocycles. The smallest absolute Gasteiger partial charge is 0.271 e. The van der Waals surface area contributed by atoms with Gasteiger partial charge in [-0.2, -0.15) is 4.99 Å². The summed E-state index contributed by atoms with van der Waals surface area (Å²) in [4.78, 5) is 49.6. The van der Waals surface area contributed by atoms with E-state index in [2.05, 4.69) is 29.5 Å². The van der Waals surface area contributed by atoms with Crippen LogP contribution in [0.2, 0.25) is 0 Å². The fourth-order valence-electron chi connectivity index (χ4n) is 5.09. The predicted octanol–water partition coefficient (Wildman–Crippen LogP) is 4.98. The number of amidine groups is 2. The molecule has 1 fully saturated rings. The van der Waals surface area contributed by atoms with Crippen LogP contribution < -0.4 is 10.6 Å². The van der Waals surface area contributed by atoms with E-state index in [0.29, 0.717) is 22.6 Å². The number of nitrogens with one attached hydrogen (secondary N) is 2. The maximum absolute atomic E-state index is 13.0. The van der Waals surface area contributed by atoms with Crippen LogP contribution in [0, 0.1) is 0 Å². The first kappa shape index (κ1) is 26.2. The lowest BCUT2D eigenvalue weighted by molar-refractivity contribution is -0.127. The molecule has 1 atom stereocenters. The number of carbonyl (C=O) groups is 3. The van der Waals surface area contributed by atoms with E-state index in [-0.39, 0.29) is 35.9 Å². The number of carbonyl (C=O) groups excluding carboxylic acids is 3. The van der Waals surface area contributed by atoms with Crippen LogP contribution in [0.25, 0.3) is 0 Å². The van der Waals surface area contributed by atoms with E-state index in [0.717, 1.165) is 36.9 Å². The van der Waals surface area contributed by atoms with Crippen LogP contribution in [0.1, 0.15) is 69.4 Å². The Hall–Kier alpha value is -3.46. The zero-order valence-corrected chi connectivity index (χ0v) is 22.6. The monoisotopic (exact) mass is 531 g/mol. The predicted molar refractivity (Wildman–Crippen MR) is 152 cm³/mol. The topological polar surface area (TPSA) is 103 Å². The van der Waals surface area contributed by atoms with Crippen molar-refractivity contribution >= 4 is 51.9 Å². The Morgan fingerprint density at radius 3 is 2.47 bits per heavy atom. The Labute approximate surface area is 227 Å². The van der Waals surface area contributed by atoms with Crippen LogP contribution in [-0.4, -0.2) is 51.5 Å². The van der Waals surface area contributed by atoms with Gasteiger partial charge >= 0.3 is 0 Å². The number of para-hydroxylation sites is 1. The van der Waals surface area contributed by atoms with Crippen molar-refractivity contribution in [2.24, 2.45) is 9.98 Å². The van der Waals surface area contributed by atoms with Crippen LogP contribution in [0.5, 0.6) is 0 Å². The Morgan fingerprint density at radius 1 is 1.00 bits per heavy atom. The Bertz CT molecular complexity index is 1280. The number of nitrogens with zero attached hydrogens (tertiary/aromatic N) is 3. The molecule has 2 heterocycles. The van der Waals surface area contributed by atoms with E-state index in [1.807, 2.05) is 48.5 Å². The molecule has 2 N–H and O–H groups in total. The van der Waals surface area contributed by atoms with E-state index < -0.39 is 6.04 Å². The van der Waals surface area contributed by atoms with E-state index >= 15 is 0 Å². The Balaban J connectivity index is 1.29. The summed E-state index contributed by atoms with van der Waals surface area (Å²) >= 11 is 1.24. The first-order chi connectivity index (χ1) is 18.4. The van der Waals surface area contributed by atoms with Gasteiger partial charge in [0.25, 0.3) is 5.91 Å². The lowest BCUT2D eigenvalue weighted by Gasteiger charge is -2.31. The van der Waals surface area contributed by atoms with E-state index in [1.165, 1.54) is 23.7 Å². The summed E-state index contributed by atoms with van der Waals surface area (Å²) in [5.41, 5.74) is 3.37. The van der Waals surface area contributed by atoms with Crippen molar-refractivity contribution in [3.05, 3.63) is 59.7 Å². The molecule has 8 nitrogen and oxygen atoms in total. The van der Waals surface area contributed by atoms with Gasteiger partial charge in [-0.25, -0.2) is 4.99 Å². The summed E-state index contributed by atoms with van der Waals surface area (Å²) in [6.07, 6.45) is 5.37. The van der Waals surface area contributed by atoms with Crippen molar-refractivity contribution in [2.75, 3.05) is 11.1 Å². The SMILES string of the molecule is CC(C)c1ccc(NC(=O)CSC2=Nc3ccccc3C3=NC(=O)C(CC(=O)NC4CCCCC4)N23)cc1. The minimum atomic E-state index is -0.778. The van der Waals surface area contributed by atoms with Crippen LogP contribution in [0.15, 0.2) is 58.5 Å². The molecular weight excluding hydrogens is 498 g/mol. The molecule has 2 aromatic carbocycles. The molecule has 1 aliphatic carbocycles. The zero-order valence-electron chi connectivity index (χ0n) is 21.8. The van der Waals surface area contributed by atoms with Gasteiger partial charge in [0.05, 0.1) is 17.9 Å². The van der Waals surface area contributed by atoms with Crippen molar-refractivity contribution in [1.29, 1.82) is 0 Å². The first-order valence-corrected chi connectivity index (χ1v) is 14.3. The first-order valence-electron chi connectivity index (χ1n) is 13.3. The molecule has 0 bridgehead atoms. The third-order valence-electron chi connectivity index (χ3n) is 7.15. The van der Waals surface area contributed by atoms with Crippen LogP contribution >= 0.6 is 11.8 Å². The summed E-state index contributed by atoms with van der Waals surface area (Å²) in [7, 11) is 0. The molecule has 38 heavy (non-hydrogen) atoms. The largest absolute Gasteiger partial charge is 0.353 e. The van der Waals surface area contributed by atoms with Crippen molar-refractivity contribution < 1.29 is 14.4 Å². The molecule has 198 valence electrons. The fraction of sp³-hybridized carbons (Fsp3) is 0.414. The molecule has 2 aliphatic heterocycles. The third-order valence-corrected chi connectivity index (χ3v) is 8.10. The number of anilines is 1. The minimum Gasteiger partial charge on any atom is -0.353 e. The molecule has 1 saturated carbocycles. The lowest BCUT2D eigenvalue weighted by atomic mass is 9.95. The van der Waals surface area contributed by atoms with Gasteiger partial charge in [-0.15, -0.1) is 0 Å². The highest BCUT2D eigenvalue weighted by atomic mass is 32.2. The highest BCUT2D eigenvalue weighted by Gasteiger charge is 2.43. The average molecular weight is 532 g/mol. The van der Waals surface area contributed by atoms with Gasteiger partial charge in [-0.3, -0.25) is 19.3 Å². The second-order valence-electron chi connectivity index (χ2n) is 10.3.